The third-order valence-electron chi connectivity index (χ3n) is 6.42. The summed E-state index contributed by atoms with van der Waals surface area (Å²) in [4.78, 5) is 17.0. The number of carbonyl (C=O) groups is 1. The molecule has 29 heavy (non-hydrogen) atoms. The van der Waals surface area contributed by atoms with E-state index in [9.17, 15) is 9.90 Å². The molecule has 1 aliphatic heterocycles. The maximum atomic E-state index is 12.4. The predicted molar refractivity (Wildman–Crippen MR) is 121 cm³/mol. The van der Waals surface area contributed by atoms with E-state index in [4.69, 9.17) is 0 Å². The smallest absolute Gasteiger partial charge is 0.337 e. The third-order valence-corrected chi connectivity index (χ3v) is 7.74. The molecule has 0 spiro atoms. The van der Waals surface area contributed by atoms with Gasteiger partial charge in [-0.2, -0.15) is 0 Å². The first-order chi connectivity index (χ1) is 13.9. The van der Waals surface area contributed by atoms with Gasteiger partial charge in [-0.3, -0.25) is 0 Å². The maximum Gasteiger partial charge on any atom is 0.337 e. The molecule has 1 aromatic carbocycles. The van der Waals surface area contributed by atoms with Crippen molar-refractivity contribution in [2.75, 3.05) is 25.0 Å². The number of nitrogens with zero attached hydrogens (tertiary/aromatic N) is 1. The van der Waals surface area contributed by atoms with Crippen molar-refractivity contribution in [2.45, 2.75) is 58.9 Å². The SMILES string of the molecule is CNCc1ccc(N2CCCCC2)cc1-c1sc2c(c1C(=O)O)CC(C)(C)CC2. The summed E-state index contributed by atoms with van der Waals surface area (Å²) >= 11 is 1.71. The van der Waals surface area contributed by atoms with Crippen molar-refractivity contribution in [1.82, 2.24) is 5.32 Å². The predicted octanol–water partition coefficient (Wildman–Crippen LogP) is 5.34. The number of benzene rings is 1. The van der Waals surface area contributed by atoms with E-state index in [2.05, 4.69) is 42.3 Å². The van der Waals surface area contributed by atoms with Crippen molar-refractivity contribution in [2.24, 2.45) is 5.41 Å². The van der Waals surface area contributed by atoms with Gasteiger partial charge >= 0.3 is 5.97 Å². The summed E-state index contributed by atoms with van der Waals surface area (Å²) in [6.07, 6.45) is 6.73. The molecule has 1 aromatic heterocycles. The second kappa shape index (κ2) is 8.11. The topological polar surface area (TPSA) is 52.6 Å². The molecule has 4 rings (SSSR count). The molecule has 156 valence electrons. The molecule has 1 saturated heterocycles. The zero-order chi connectivity index (χ0) is 20.6. The molecule has 0 radical (unpaired) electrons. The van der Waals surface area contributed by atoms with Gasteiger partial charge in [0.05, 0.1) is 5.56 Å². The van der Waals surface area contributed by atoms with Crippen molar-refractivity contribution < 1.29 is 9.90 Å². The summed E-state index contributed by atoms with van der Waals surface area (Å²) in [6.45, 7) is 7.42. The number of piperidine rings is 1. The summed E-state index contributed by atoms with van der Waals surface area (Å²) in [5.41, 5.74) is 5.28. The van der Waals surface area contributed by atoms with Crippen LogP contribution in [0.15, 0.2) is 18.2 Å². The fraction of sp³-hybridized carbons (Fsp3) is 0.542. The first kappa shape index (κ1) is 20.4. The van der Waals surface area contributed by atoms with Crippen molar-refractivity contribution in [1.29, 1.82) is 0 Å². The minimum atomic E-state index is -0.783. The second-order valence-electron chi connectivity index (χ2n) is 9.27. The van der Waals surface area contributed by atoms with Gasteiger partial charge < -0.3 is 15.3 Å². The highest BCUT2D eigenvalue weighted by molar-refractivity contribution is 7.16. The van der Waals surface area contributed by atoms with Gasteiger partial charge in [-0.1, -0.05) is 19.9 Å². The van der Waals surface area contributed by atoms with E-state index >= 15 is 0 Å². The summed E-state index contributed by atoms with van der Waals surface area (Å²) < 4.78 is 0. The van der Waals surface area contributed by atoms with Crippen LogP contribution in [0.2, 0.25) is 0 Å². The third kappa shape index (κ3) is 4.08. The summed E-state index contributed by atoms with van der Waals surface area (Å²) in [5.74, 6) is -0.783. The van der Waals surface area contributed by atoms with Crippen LogP contribution < -0.4 is 10.2 Å². The average Bonchev–Trinajstić information content (AvgIpc) is 3.06. The highest BCUT2D eigenvalue weighted by Crippen LogP contribution is 2.46. The molecule has 2 aliphatic rings. The first-order valence-corrected chi connectivity index (χ1v) is 11.6. The lowest BCUT2D eigenvalue weighted by Gasteiger charge is -2.30. The number of hydrogen-bond acceptors (Lipinski definition) is 4. The number of hydrogen-bond donors (Lipinski definition) is 2. The Morgan fingerprint density at radius 2 is 2.00 bits per heavy atom. The van der Waals surface area contributed by atoms with Crippen LogP contribution in [0.3, 0.4) is 0 Å². The molecule has 2 N–H and O–H groups in total. The minimum absolute atomic E-state index is 0.166. The van der Waals surface area contributed by atoms with Crippen molar-refractivity contribution >= 4 is 23.0 Å². The number of aromatic carboxylic acids is 1. The molecular formula is C24H32N2O2S. The number of aryl methyl sites for hydroxylation is 1. The molecule has 5 heteroatoms. The number of fused-ring (bicyclic) bond motifs is 1. The van der Waals surface area contributed by atoms with Gasteiger partial charge in [0.2, 0.25) is 0 Å². The standard InChI is InChI=1S/C24H32N2O2S/c1-24(2)10-9-20-19(14-24)21(23(27)28)22(29-20)18-13-17(8-7-16(18)15-25-3)26-11-5-4-6-12-26/h7-8,13,25H,4-6,9-12,14-15H2,1-3H3,(H,27,28). The highest BCUT2D eigenvalue weighted by Gasteiger charge is 2.33. The van der Waals surface area contributed by atoms with E-state index < -0.39 is 5.97 Å². The molecule has 4 nitrogen and oxygen atoms in total. The van der Waals surface area contributed by atoms with Gasteiger partial charge in [0.15, 0.2) is 0 Å². The van der Waals surface area contributed by atoms with E-state index in [1.165, 1.54) is 35.4 Å². The van der Waals surface area contributed by atoms with E-state index in [0.717, 1.165) is 54.9 Å². The number of rotatable bonds is 5. The Kier molecular flexibility index (Phi) is 5.71. The van der Waals surface area contributed by atoms with E-state index in [0.29, 0.717) is 5.56 Å². The normalized spacial score (nSPS) is 18.5. The lowest BCUT2D eigenvalue weighted by Crippen LogP contribution is -2.29. The second-order valence-corrected chi connectivity index (χ2v) is 10.4. The molecule has 1 fully saturated rings. The quantitative estimate of drug-likeness (QED) is 0.696. The van der Waals surface area contributed by atoms with Gasteiger partial charge in [0, 0.05) is 35.1 Å². The molecule has 0 atom stereocenters. The zero-order valence-electron chi connectivity index (χ0n) is 17.8. The molecule has 2 aromatic rings. The van der Waals surface area contributed by atoms with Gasteiger partial charge in [0.25, 0.3) is 0 Å². The van der Waals surface area contributed by atoms with Crippen LogP contribution >= 0.6 is 11.3 Å². The van der Waals surface area contributed by atoms with Gasteiger partial charge in [-0.25, -0.2) is 4.79 Å². The van der Waals surface area contributed by atoms with Crippen LogP contribution in [0, 0.1) is 5.41 Å². The van der Waals surface area contributed by atoms with Gasteiger partial charge in [-0.05, 0) is 79.8 Å². The van der Waals surface area contributed by atoms with Gasteiger partial charge in [-0.15, -0.1) is 11.3 Å². The van der Waals surface area contributed by atoms with Crippen LogP contribution in [-0.4, -0.2) is 31.2 Å². The Labute approximate surface area is 177 Å². The zero-order valence-corrected chi connectivity index (χ0v) is 18.6. The fourth-order valence-electron chi connectivity index (χ4n) is 4.81. The van der Waals surface area contributed by atoms with Crippen LogP contribution in [-0.2, 0) is 19.4 Å². The maximum absolute atomic E-state index is 12.4. The van der Waals surface area contributed by atoms with E-state index in [-0.39, 0.29) is 5.41 Å². The Bertz CT molecular complexity index is 910. The molecule has 0 unspecified atom stereocenters. The Morgan fingerprint density at radius 3 is 2.69 bits per heavy atom. The lowest BCUT2D eigenvalue weighted by atomic mass is 9.76. The summed E-state index contributed by atoms with van der Waals surface area (Å²) in [7, 11) is 1.95. The number of anilines is 1. The number of thiophene rings is 1. The monoisotopic (exact) mass is 412 g/mol. The Balaban J connectivity index is 1.84. The fourth-order valence-corrected chi connectivity index (χ4v) is 6.17. The Hall–Kier alpha value is -1.85. The number of carboxylic acids is 1. The lowest BCUT2D eigenvalue weighted by molar-refractivity contribution is 0.0696. The molecule has 0 bridgehead atoms. The van der Waals surface area contributed by atoms with Crippen LogP contribution in [0.25, 0.3) is 10.4 Å². The molecule has 0 amide bonds. The summed E-state index contributed by atoms with van der Waals surface area (Å²) in [5, 5.41) is 13.4. The van der Waals surface area contributed by atoms with Gasteiger partial charge in [0.1, 0.15) is 0 Å². The molecule has 0 saturated carbocycles. The highest BCUT2D eigenvalue weighted by atomic mass is 32.1. The molecular weight excluding hydrogens is 380 g/mol. The molecule has 1 aliphatic carbocycles. The number of nitrogens with one attached hydrogen (secondary N) is 1. The summed E-state index contributed by atoms with van der Waals surface area (Å²) in [6, 6.07) is 6.63. The van der Waals surface area contributed by atoms with E-state index in [1.54, 1.807) is 11.3 Å². The van der Waals surface area contributed by atoms with Crippen LogP contribution in [0.5, 0.6) is 0 Å². The first-order valence-electron chi connectivity index (χ1n) is 10.8. The van der Waals surface area contributed by atoms with E-state index in [1.807, 2.05) is 7.05 Å². The van der Waals surface area contributed by atoms with Crippen molar-refractivity contribution in [3.8, 4) is 10.4 Å². The van der Waals surface area contributed by atoms with Crippen molar-refractivity contribution in [3.63, 3.8) is 0 Å². The minimum Gasteiger partial charge on any atom is -0.478 e. The van der Waals surface area contributed by atoms with Crippen LogP contribution in [0.1, 0.15) is 65.9 Å². The average molecular weight is 413 g/mol. The number of carboxylic acid groups (broad SMARTS) is 1. The Morgan fingerprint density at radius 1 is 1.24 bits per heavy atom. The molecule has 2 heterocycles. The largest absolute Gasteiger partial charge is 0.478 e. The van der Waals surface area contributed by atoms with Crippen molar-refractivity contribution in [3.05, 3.63) is 39.8 Å². The van der Waals surface area contributed by atoms with Crippen LogP contribution in [0.4, 0.5) is 5.69 Å².